The molecule has 1 fully saturated rings. The zero-order valence-corrected chi connectivity index (χ0v) is 21.9. The number of aromatic nitrogens is 2. The highest BCUT2D eigenvalue weighted by Gasteiger charge is 2.47. The average molecular weight is 548 g/mol. The van der Waals surface area contributed by atoms with Crippen LogP contribution >= 0.6 is 0 Å². The molecule has 6 nitrogen and oxygen atoms in total. The third kappa shape index (κ3) is 4.10. The Labute approximate surface area is 233 Å². The summed E-state index contributed by atoms with van der Waals surface area (Å²) in [6.07, 6.45) is 3.92. The lowest BCUT2D eigenvalue weighted by atomic mass is 9.95. The Hall–Kier alpha value is -5.11. The van der Waals surface area contributed by atoms with Crippen LogP contribution in [-0.2, 0) is 5.54 Å². The summed E-state index contributed by atoms with van der Waals surface area (Å²) in [6, 6.07) is 19.6. The van der Waals surface area contributed by atoms with E-state index in [0.29, 0.717) is 23.0 Å². The number of amides is 1. The molecule has 0 atom stereocenters. The minimum atomic E-state index is -0.634. The first kappa shape index (κ1) is 24.9. The van der Waals surface area contributed by atoms with Crippen LogP contribution in [0, 0.1) is 18.6 Å². The number of nitrogens with one attached hydrogen (secondary N) is 2. The first-order chi connectivity index (χ1) is 19.9. The van der Waals surface area contributed by atoms with Gasteiger partial charge in [-0.25, -0.2) is 13.8 Å². The Balaban J connectivity index is 1.25. The lowest BCUT2D eigenvalue weighted by molar-refractivity contribution is 0.0929. The first-order valence-corrected chi connectivity index (χ1v) is 13.2. The summed E-state index contributed by atoms with van der Waals surface area (Å²) in [4.78, 5) is 33.4. The van der Waals surface area contributed by atoms with Gasteiger partial charge < -0.3 is 14.7 Å². The molecule has 2 N–H and O–H groups in total. The van der Waals surface area contributed by atoms with Crippen molar-refractivity contribution in [3.63, 3.8) is 0 Å². The molecule has 3 heterocycles. The number of rotatable bonds is 6. The van der Waals surface area contributed by atoms with E-state index in [-0.39, 0.29) is 33.8 Å². The van der Waals surface area contributed by atoms with Crippen molar-refractivity contribution in [1.82, 2.24) is 15.3 Å². The molecule has 41 heavy (non-hydrogen) atoms. The van der Waals surface area contributed by atoms with Crippen molar-refractivity contribution in [1.29, 1.82) is 0 Å². The number of pyridine rings is 1. The lowest BCUT2D eigenvalue weighted by Gasteiger charge is -2.18. The van der Waals surface area contributed by atoms with E-state index in [4.69, 9.17) is 9.40 Å². The van der Waals surface area contributed by atoms with Gasteiger partial charge in [0.05, 0.1) is 33.2 Å². The fraction of sp³-hybridized carbons (Fsp3) is 0.121. The summed E-state index contributed by atoms with van der Waals surface area (Å²) in [5, 5.41) is 3.19. The van der Waals surface area contributed by atoms with Gasteiger partial charge in [-0.1, -0.05) is 6.07 Å². The number of halogens is 2. The molecule has 0 saturated heterocycles. The molecule has 202 valence electrons. The number of nitrogens with zero attached hydrogens (tertiary/aromatic N) is 1. The minimum absolute atomic E-state index is 0.0363. The number of aldehydes is 1. The van der Waals surface area contributed by atoms with E-state index in [0.717, 1.165) is 35.1 Å². The Morgan fingerprint density at radius 2 is 1.80 bits per heavy atom. The number of furan rings is 1. The Morgan fingerprint density at radius 1 is 1.00 bits per heavy atom. The Morgan fingerprint density at radius 3 is 2.56 bits per heavy atom. The summed E-state index contributed by atoms with van der Waals surface area (Å²) in [5.74, 6) is -1.19. The molecule has 1 aliphatic carbocycles. The third-order valence-corrected chi connectivity index (χ3v) is 7.84. The van der Waals surface area contributed by atoms with Crippen molar-refractivity contribution >= 4 is 34.2 Å². The number of aryl methyl sites for hydroxylation is 1. The van der Waals surface area contributed by atoms with Crippen LogP contribution in [0.25, 0.3) is 44.5 Å². The highest BCUT2D eigenvalue weighted by Crippen LogP contribution is 2.45. The third-order valence-electron chi connectivity index (χ3n) is 7.84. The summed E-state index contributed by atoms with van der Waals surface area (Å²) in [6.45, 7) is 1.83. The molecule has 1 aliphatic rings. The van der Waals surface area contributed by atoms with Crippen LogP contribution < -0.4 is 5.32 Å². The molecule has 1 saturated carbocycles. The van der Waals surface area contributed by atoms with E-state index in [1.54, 1.807) is 30.3 Å². The van der Waals surface area contributed by atoms with E-state index in [1.165, 1.54) is 24.3 Å². The van der Waals surface area contributed by atoms with Gasteiger partial charge in [-0.2, -0.15) is 0 Å². The van der Waals surface area contributed by atoms with Crippen molar-refractivity contribution in [2.24, 2.45) is 0 Å². The molecule has 0 spiro atoms. The number of benzene rings is 3. The predicted molar refractivity (Wildman–Crippen MR) is 152 cm³/mol. The van der Waals surface area contributed by atoms with Gasteiger partial charge >= 0.3 is 0 Å². The maximum Gasteiger partial charge on any atom is 0.252 e. The summed E-state index contributed by atoms with van der Waals surface area (Å²) >= 11 is 0. The number of carbonyl (C=O) groups is 2. The molecular weight excluding hydrogens is 524 g/mol. The van der Waals surface area contributed by atoms with Crippen molar-refractivity contribution in [2.45, 2.75) is 25.3 Å². The normalized spacial score (nSPS) is 13.9. The largest absolute Gasteiger partial charge is 0.455 e. The van der Waals surface area contributed by atoms with Crippen LogP contribution in [0.3, 0.4) is 0 Å². The highest BCUT2D eigenvalue weighted by atomic mass is 19.1. The summed E-state index contributed by atoms with van der Waals surface area (Å²) < 4.78 is 35.4. The number of carbonyl (C=O) groups excluding carboxylic acids is 2. The predicted octanol–water partition coefficient (Wildman–Crippen LogP) is 7.46. The summed E-state index contributed by atoms with van der Waals surface area (Å²) in [5.41, 5.74) is 4.63. The second kappa shape index (κ2) is 9.23. The van der Waals surface area contributed by atoms with Crippen LogP contribution in [0.2, 0.25) is 0 Å². The molecular formula is C33H23F2N3O3. The smallest absolute Gasteiger partial charge is 0.252 e. The van der Waals surface area contributed by atoms with Crippen LogP contribution in [-0.4, -0.2) is 22.2 Å². The molecule has 7 rings (SSSR count). The van der Waals surface area contributed by atoms with Gasteiger partial charge in [0.1, 0.15) is 23.0 Å². The van der Waals surface area contributed by atoms with Crippen LogP contribution in [0.5, 0.6) is 0 Å². The van der Waals surface area contributed by atoms with E-state index in [1.807, 2.05) is 31.3 Å². The fourth-order valence-corrected chi connectivity index (χ4v) is 5.42. The van der Waals surface area contributed by atoms with Gasteiger partial charge in [-0.3, -0.25) is 9.59 Å². The number of hydrogen-bond acceptors (Lipinski definition) is 4. The molecule has 3 aromatic heterocycles. The maximum atomic E-state index is 16.1. The van der Waals surface area contributed by atoms with Gasteiger partial charge in [0.25, 0.3) is 5.91 Å². The monoisotopic (exact) mass is 547 g/mol. The summed E-state index contributed by atoms with van der Waals surface area (Å²) in [7, 11) is 0. The van der Waals surface area contributed by atoms with Gasteiger partial charge in [-0.05, 0) is 97.6 Å². The molecule has 0 radical (unpaired) electrons. The molecule has 0 unspecified atom stereocenters. The number of fused-ring (bicyclic) bond motifs is 2. The molecule has 0 bridgehead atoms. The van der Waals surface area contributed by atoms with E-state index >= 15 is 4.39 Å². The second-order valence-corrected chi connectivity index (χ2v) is 10.4. The van der Waals surface area contributed by atoms with Gasteiger partial charge in [0.2, 0.25) is 0 Å². The Bertz CT molecular complexity index is 2000. The van der Waals surface area contributed by atoms with Crippen molar-refractivity contribution in [3.8, 4) is 22.5 Å². The Kier molecular flexibility index (Phi) is 5.61. The second-order valence-electron chi connectivity index (χ2n) is 10.4. The SMILES string of the molecule is Cc1ccc(C(=O)NC2(c3ccc4[nH]ccc4n3)CC2)cc1-c1ccc2oc(-c3ccc(F)cc3)c(C=O)c2c1F. The molecule has 0 aliphatic heterocycles. The van der Waals surface area contributed by atoms with Crippen molar-refractivity contribution in [2.75, 3.05) is 0 Å². The van der Waals surface area contributed by atoms with Crippen LogP contribution in [0.1, 0.15) is 44.8 Å². The number of aromatic amines is 1. The highest BCUT2D eigenvalue weighted by molar-refractivity contribution is 6.05. The van der Waals surface area contributed by atoms with Gasteiger partial charge in [0.15, 0.2) is 6.29 Å². The van der Waals surface area contributed by atoms with Crippen LogP contribution in [0.15, 0.2) is 83.4 Å². The molecule has 1 amide bonds. The van der Waals surface area contributed by atoms with E-state index in [9.17, 15) is 14.0 Å². The van der Waals surface area contributed by atoms with Gasteiger partial charge in [0, 0.05) is 22.9 Å². The van der Waals surface area contributed by atoms with Crippen LogP contribution in [0.4, 0.5) is 8.78 Å². The number of H-pyrrole nitrogens is 1. The maximum absolute atomic E-state index is 16.1. The van der Waals surface area contributed by atoms with E-state index in [2.05, 4.69) is 10.3 Å². The topological polar surface area (TPSA) is 88.0 Å². The number of hydrogen-bond donors (Lipinski definition) is 2. The quantitative estimate of drug-likeness (QED) is 0.212. The molecule has 8 heteroatoms. The van der Waals surface area contributed by atoms with E-state index < -0.39 is 17.2 Å². The van der Waals surface area contributed by atoms with Gasteiger partial charge in [-0.15, -0.1) is 0 Å². The average Bonchev–Trinajstić information content (AvgIpc) is 3.43. The fourth-order valence-electron chi connectivity index (χ4n) is 5.42. The van der Waals surface area contributed by atoms with Crippen molar-refractivity contribution in [3.05, 3.63) is 113 Å². The zero-order valence-electron chi connectivity index (χ0n) is 21.9. The molecule has 3 aromatic carbocycles. The standard InChI is InChI=1S/C33H23F2N3O3/c1-18-2-3-20(32(40)38-33(13-14-33)28-11-9-25-26(37-28)12-15-36-25)16-23(18)22-8-10-27-29(30(22)35)24(17-39)31(41-27)19-4-6-21(34)7-5-19/h2-12,15-17,36H,13-14H2,1H3,(H,38,40). The van der Waals surface area contributed by atoms with Crippen molar-refractivity contribution < 1.29 is 22.8 Å². The molecule has 6 aromatic rings. The minimum Gasteiger partial charge on any atom is -0.455 e. The lowest BCUT2D eigenvalue weighted by Crippen LogP contribution is -2.35. The zero-order chi connectivity index (χ0) is 28.3. The first-order valence-electron chi connectivity index (χ1n) is 13.2.